The number of rotatable bonds is 4. The van der Waals surface area contributed by atoms with E-state index in [9.17, 15) is 8.42 Å². The van der Waals surface area contributed by atoms with Crippen molar-refractivity contribution in [2.75, 3.05) is 25.1 Å². The van der Waals surface area contributed by atoms with Crippen LogP contribution in [0.2, 0.25) is 0 Å². The van der Waals surface area contributed by atoms with Gasteiger partial charge in [0.25, 0.3) is 0 Å². The van der Waals surface area contributed by atoms with Crippen LogP contribution >= 0.6 is 0 Å². The van der Waals surface area contributed by atoms with Crippen LogP contribution in [-0.2, 0) is 16.4 Å². The Kier molecular flexibility index (Phi) is 4.03. The predicted molar refractivity (Wildman–Crippen MR) is 74.6 cm³/mol. The molecule has 1 saturated heterocycles. The number of nitrogens with two attached hydrogens (primary N) is 1. The monoisotopic (exact) mass is 286 g/mol. The van der Waals surface area contributed by atoms with Crippen molar-refractivity contribution in [1.29, 1.82) is 0 Å². The quantitative estimate of drug-likeness (QED) is 0.891. The lowest BCUT2D eigenvalue weighted by atomic mass is 9.90. The van der Waals surface area contributed by atoms with Crippen molar-refractivity contribution in [1.82, 2.24) is 4.90 Å². The molecule has 0 saturated carbocycles. The topological polar surface area (TPSA) is 76.5 Å². The highest BCUT2D eigenvalue weighted by molar-refractivity contribution is 7.91. The molecular formula is C13H22N2O3S. The van der Waals surface area contributed by atoms with Crippen LogP contribution in [-0.4, -0.2) is 44.0 Å². The highest BCUT2D eigenvalue weighted by Crippen LogP contribution is 2.30. The van der Waals surface area contributed by atoms with Crippen molar-refractivity contribution < 1.29 is 12.8 Å². The summed E-state index contributed by atoms with van der Waals surface area (Å²) in [4.78, 5) is 2.18. The zero-order valence-corrected chi connectivity index (χ0v) is 12.4. The van der Waals surface area contributed by atoms with Gasteiger partial charge >= 0.3 is 0 Å². The maximum Gasteiger partial charge on any atom is 0.150 e. The van der Waals surface area contributed by atoms with Crippen molar-refractivity contribution in [3.8, 4) is 0 Å². The third kappa shape index (κ3) is 3.01. The van der Waals surface area contributed by atoms with Crippen molar-refractivity contribution in [2.24, 2.45) is 5.73 Å². The first-order chi connectivity index (χ1) is 8.88. The van der Waals surface area contributed by atoms with Crippen LogP contribution in [0.1, 0.15) is 24.2 Å². The molecule has 1 aromatic rings. The SMILES string of the molecule is Cc1occc1CN(C)C1(CN)CCS(=O)(=O)CC1. The van der Waals surface area contributed by atoms with Gasteiger partial charge in [-0.1, -0.05) is 0 Å². The number of nitrogens with zero attached hydrogens (tertiary/aromatic N) is 1. The van der Waals surface area contributed by atoms with E-state index in [1.807, 2.05) is 20.0 Å². The molecule has 2 heterocycles. The van der Waals surface area contributed by atoms with Crippen molar-refractivity contribution in [3.63, 3.8) is 0 Å². The van der Waals surface area contributed by atoms with Gasteiger partial charge < -0.3 is 10.2 Å². The zero-order chi connectivity index (χ0) is 14.1. The molecule has 0 atom stereocenters. The maximum absolute atomic E-state index is 11.6. The van der Waals surface area contributed by atoms with Gasteiger partial charge in [-0.15, -0.1) is 0 Å². The van der Waals surface area contributed by atoms with E-state index in [2.05, 4.69) is 4.90 Å². The highest BCUT2D eigenvalue weighted by atomic mass is 32.2. The van der Waals surface area contributed by atoms with Crippen LogP contribution < -0.4 is 5.73 Å². The molecular weight excluding hydrogens is 264 g/mol. The van der Waals surface area contributed by atoms with Gasteiger partial charge in [-0.25, -0.2) is 8.42 Å². The van der Waals surface area contributed by atoms with Crippen LogP contribution in [0.3, 0.4) is 0 Å². The molecule has 0 unspecified atom stereocenters. The summed E-state index contributed by atoms with van der Waals surface area (Å²) in [5.41, 5.74) is 6.85. The first kappa shape index (κ1) is 14.6. The number of furan rings is 1. The molecule has 1 aromatic heterocycles. The Labute approximate surface area is 114 Å². The van der Waals surface area contributed by atoms with E-state index in [1.165, 1.54) is 0 Å². The van der Waals surface area contributed by atoms with Crippen LogP contribution in [0.4, 0.5) is 0 Å². The minimum Gasteiger partial charge on any atom is -0.469 e. The lowest BCUT2D eigenvalue weighted by Crippen LogP contribution is -2.55. The number of hydrogen-bond donors (Lipinski definition) is 1. The molecule has 0 bridgehead atoms. The van der Waals surface area contributed by atoms with E-state index < -0.39 is 9.84 Å². The molecule has 1 fully saturated rings. The van der Waals surface area contributed by atoms with Gasteiger partial charge in [0.2, 0.25) is 0 Å². The van der Waals surface area contributed by atoms with Gasteiger partial charge in [0.05, 0.1) is 17.8 Å². The Morgan fingerprint density at radius 3 is 2.53 bits per heavy atom. The van der Waals surface area contributed by atoms with E-state index in [1.54, 1.807) is 6.26 Å². The molecule has 1 aliphatic heterocycles. The highest BCUT2D eigenvalue weighted by Gasteiger charge is 2.39. The average molecular weight is 286 g/mol. The molecule has 5 nitrogen and oxygen atoms in total. The summed E-state index contributed by atoms with van der Waals surface area (Å²) in [5.74, 6) is 1.38. The summed E-state index contributed by atoms with van der Waals surface area (Å²) in [5, 5.41) is 0. The Morgan fingerprint density at radius 2 is 2.05 bits per heavy atom. The summed E-state index contributed by atoms with van der Waals surface area (Å²) < 4.78 is 28.4. The standard InChI is InChI=1S/C13H22N2O3S/c1-11-12(3-6-18-11)9-15(2)13(10-14)4-7-19(16,17)8-5-13/h3,6H,4-5,7-10,14H2,1-2H3. The number of hydrogen-bond acceptors (Lipinski definition) is 5. The van der Waals surface area contributed by atoms with Gasteiger partial charge in [-0.3, -0.25) is 4.90 Å². The molecule has 19 heavy (non-hydrogen) atoms. The zero-order valence-electron chi connectivity index (χ0n) is 11.6. The largest absolute Gasteiger partial charge is 0.469 e. The normalized spacial score (nSPS) is 21.7. The minimum absolute atomic E-state index is 0.213. The third-order valence-corrected chi connectivity index (χ3v) is 5.97. The molecule has 0 aromatic carbocycles. The van der Waals surface area contributed by atoms with E-state index in [4.69, 9.17) is 10.2 Å². The first-order valence-electron chi connectivity index (χ1n) is 6.53. The second-order valence-electron chi connectivity index (χ2n) is 5.44. The molecule has 2 N–H and O–H groups in total. The molecule has 0 aliphatic carbocycles. The summed E-state index contributed by atoms with van der Waals surface area (Å²) >= 11 is 0. The van der Waals surface area contributed by atoms with Crippen LogP contribution in [0, 0.1) is 6.92 Å². The molecule has 0 amide bonds. The lowest BCUT2D eigenvalue weighted by Gasteiger charge is -2.43. The average Bonchev–Trinajstić information content (AvgIpc) is 2.76. The van der Waals surface area contributed by atoms with Crippen molar-refractivity contribution in [3.05, 3.63) is 23.7 Å². The third-order valence-electron chi connectivity index (χ3n) is 4.32. The number of likely N-dealkylation sites (N-methyl/N-ethyl adjacent to an activating group) is 1. The Bertz CT molecular complexity index is 522. The van der Waals surface area contributed by atoms with Crippen molar-refractivity contribution in [2.45, 2.75) is 31.8 Å². The fourth-order valence-corrected chi connectivity index (χ4v) is 4.24. The van der Waals surface area contributed by atoms with Crippen molar-refractivity contribution >= 4 is 9.84 Å². The Balaban J connectivity index is 2.11. The minimum atomic E-state index is -2.87. The van der Waals surface area contributed by atoms with E-state index in [0.717, 1.165) is 17.9 Å². The Morgan fingerprint density at radius 1 is 1.42 bits per heavy atom. The molecule has 0 radical (unpaired) electrons. The van der Waals surface area contributed by atoms with Crippen LogP contribution in [0.25, 0.3) is 0 Å². The van der Waals surface area contributed by atoms with E-state index in [0.29, 0.717) is 19.4 Å². The van der Waals surface area contributed by atoms with Gasteiger partial charge in [0, 0.05) is 24.2 Å². The summed E-state index contributed by atoms with van der Waals surface area (Å²) in [6.07, 6.45) is 2.90. The molecule has 6 heteroatoms. The summed E-state index contributed by atoms with van der Waals surface area (Å²) in [6.45, 7) is 3.15. The molecule has 2 rings (SSSR count). The van der Waals surface area contributed by atoms with Crippen LogP contribution in [0.5, 0.6) is 0 Å². The molecule has 108 valence electrons. The van der Waals surface area contributed by atoms with E-state index in [-0.39, 0.29) is 17.0 Å². The van der Waals surface area contributed by atoms with Gasteiger partial charge in [0.1, 0.15) is 15.6 Å². The summed E-state index contributed by atoms with van der Waals surface area (Å²) in [6, 6.07) is 1.95. The van der Waals surface area contributed by atoms with Gasteiger partial charge in [0.15, 0.2) is 0 Å². The van der Waals surface area contributed by atoms with E-state index >= 15 is 0 Å². The van der Waals surface area contributed by atoms with Gasteiger partial charge in [-0.2, -0.15) is 0 Å². The second-order valence-corrected chi connectivity index (χ2v) is 7.74. The number of sulfone groups is 1. The number of aryl methyl sites for hydroxylation is 1. The van der Waals surface area contributed by atoms with Gasteiger partial charge in [-0.05, 0) is 32.9 Å². The van der Waals surface area contributed by atoms with Crippen LogP contribution in [0.15, 0.2) is 16.7 Å². The molecule has 0 spiro atoms. The smallest absolute Gasteiger partial charge is 0.150 e. The second kappa shape index (κ2) is 5.26. The fraction of sp³-hybridized carbons (Fsp3) is 0.692. The molecule has 1 aliphatic rings. The fourth-order valence-electron chi connectivity index (χ4n) is 2.66. The predicted octanol–water partition coefficient (Wildman–Crippen LogP) is 0.926. The first-order valence-corrected chi connectivity index (χ1v) is 8.35. The maximum atomic E-state index is 11.6. The Hall–Kier alpha value is -0.850. The summed E-state index contributed by atoms with van der Waals surface area (Å²) in [7, 11) is -0.857. The lowest BCUT2D eigenvalue weighted by molar-refractivity contribution is 0.105.